The second-order valence-electron chi connectivity index (χ2n) is 6.85. The van der Waals surface area contributed by atoms with Crippen LogP contribution >= 0.6 is 0 Å². The van der Waals surface area contributed by atoms with Crippen molar-refractivity contribution in [2.75, 3.05) is 0 Å². The lowest BCUT2D eigenvalue weighted by molar-refractivity contribution is -0.119. The monoisotopic (exact) mass is 328 g/mol. The van der Waals surface area contributed by atoms with Crippen LogP contribution in [0.5, 0.6) is 0 Å². The van der Waals surface area contributed by atoms with Gasteiger partial charge in [0.25, 0.3) is 0 Å². The summed E-state index contributed by atoms with van der Waals surface area (Å²) in [7, 11) is 0. The zero-order valence-electron chi connectivity index (χ0n) is 14.1. The highest BCUT2D eigenvalue weighted by molar-refractivity contribution is 5.78. The number of imidazole rings is 1. The zero-order chi connectivity index (χ0) is 16.8. The van der Waals surface area contributed by atoms with Crippen molar-refractivity contribution >= 4 is 5.78 Å². The summed E-state index contributed by atoms with van der Waals surface area (Å²) in [4.78, 5) is 19.4. The van der Waals surface area contributed by atoms with Gasteiger partial charge >= 0.3 is 0 Å². The molecule has 0 bridgehead atoms. The maximum atomic E-state index is 12.9. The third-order valence-electron chi connectivity index (χ3n) is 4.62. The number of aromatic amines is 1. The van der Waals surface area contributed by atoms with Gasteiger partial charge in [0.1, 0.15) is 17.4 Å². The van der Waals surface area contributed by atoms with Crippen LogP contribution in [0.25, 0.3) is 11.3 Å². The van der Waals surface area contributed by atoms with E-state index in [9.17, 15) is 9.18 Å². The summed E-state index contributed by atoms with van der Waals surface area (Å²) in [6, 6.07) is 6.43. The second-order valence-corrected chi connectivity index (χ2v) is 6.85. The first-order chi connectivity index (χ1) is 11.7. The first-order valence-corrected chi connectivity index (χ1v) is 9.02. The van der Waals surface area contributed by atoms with Crippen LogP contribution in [0.1, 0.15) is 57.2 Å². The number of aromatic nitrogens is 2. The van der Waals surface area contributed by atoms with Gasteiger partial charge in [-0.2, -0.15) is 0 Å². The normalized spacial score (nSPS) is 14.0. The lowest BCUT2D eigenvalue weighted by atomic mass is 10.1. The SMILES string of the molecule is O=C(CCCCCCc1ncc(-c2ccc(F)cc2)[nH]1)CC1CC1. The standard InChI is InChI=1S/C20H25FN2O/c21-17-11-9-16(10-12-17)19-14-22-20(23-19)6-4-2-1-3-5-18(24)13-15-7-8-15/h9-12,14-15H,1-8,13H2,(H,22,23). The molecular weight excluding hydrogens is 303 g/mol. The van der Waals surface area contributed by atoms with Gasteiger partial charge in [0, 0.05) is 19.3 Å². The van der Waals surface area contributed by atoms with E-state index in [0.717, 1.165) is 62.0 Å². The molecule has 1 aliphatic rings. The highest BCUT2D eigenvalue weighted by Crippen LogP contribution is 2.33. The Morgan fingerprint density at radius 1 is 1.12 bits per heavy atom. The number of unbranched alkanes of at least 4 members (excludes halogenated alkanes) is 3. The predicted octanol–water partition coefficient (Wildman–Crippen LogP) is 5.08. The number of ketones is 1. The highest BCUT2D eigenvalue weighted by atomic mass is 19.1. The van der Waals surface area contributed by atoms with Crippen LogP contribution in [-0.2, 0) is 11.2 Å². The van der Waals surface area contributed by atoms with Crippen LogP contribution in [0.3, 0.4) is 0 Å². The van der Waals surface area contributed by atoms with E-state index in [2.05, 4.69) is 9.97 Å². The van der Waals surface area contributed by atoms with Crippen LogP contribution in [0.2, 0.25) is 0 Å². The Bertz CT molecular complexity index is 659. The van der Waals surface area contributed by atoms with E-state index in [1.807, 2.05) is 0 Å². The largest absolute Gasteiger partial charge is 0.342 e. The van der Waals surface area contributed by atoms with Crippen molar-refractivity contribution < 1.29 is 9.18 Å². The molecule has 0 unspecified atom stereocenters. The smallest absolute Gasteiger partial charge is 0.133 e. The lowest BCUT2D eigenvalue weighted by Crippen LogP contribution is -1.98. The fraction of sp³-hybridized carbons (Fsp3) is 0.500. The minimum Gasteiger partial charge on any atom is -0.342 e. The molecule has 1 aromatic carbocycles. The van der Waals surface area contributed by atoms with Gasteiger partial charge < -0.3 is 4.98 Å². The Labute approximate surface area is 142 Å². The summed E-state index contributed by atoms with van der Waals surface area (Å²) < 4.78 is 12.9. The molecule has 1 N–H and O–H groups in total. The van der Waals surface area contributed by atoms with E-state index in [-0.39, 0.29) is 5.82 Å². The van der Waals surface area contributed by atoms with Crippen molar-refractivity contribution in [3.8, 4) is 11.3 Å². The number of benzene rings is 1. The molecule has 0 atom stereocenters. The third-order valence-corrected chi connectivity index (χ3v) is 4.62. The summed E-state index contributed by atoms with van der Waals surface area (Å²) in [5.74, 6) is 1.91. The average Bonchev–Trinajstić information content (AvgIpc) is 3.26. The Balaban J connectivity index is 1.32. The number of Topliss-reactive ketones (excluding diaryl/α,β-unsaturated/α-hetero) is 1. The van der Waals surface area contributed by atoms with Crippen LogP contribution < -0.4 is 0 Å². The van der Waals surface area contributed by atoms with Crippen LogP contribution in [-0.4, -0.2) is 15.8 Å². The second kappa shape index (κ2) is 8.22. The van der Waals surface area contributed by atoms with Crippen molar-refractivity contribution in [1.29, 1.82) is 0 Å². The summed E-state index contributed by atoms with van der Waals surface area (Å²) in [6.45, 7) is 0. The third kappa shape index (κ3) is 5.29. The summed E-state index contributed by atoms with van der Waals surface area (Å²) in [5.41, 5.74) is 1.87. The average molecular weight is 328 g/mol. The van der Waals surface area contributed by atoms with E-state index in [1.165, 1.54) is 25.0 Å². The minimum absolute atomic E-state index is 0.228. The molecule has 0 saturated heterocycles. The van der Waals surface area contributed by atoms with Crippen molar-refractivity contribution in [2.24, 2.45) is 5.92 Å². The molecule has 1 aromatic heterocycles. The van der Waals surface area contributed by atoms with E-state index < -0.39 is 0 Å². The number of carbonyl (C=O) groups is 1. The lowest BCUT2D eigenvalue weighted by Gasteiger charge is -2.01. The molecule has 4 heteroatoms. The minimum atomic E-state index is -0.228. The topological polar surface area (TPSA) is 45.8 Å². The number of hydrogen-bond acceptors (Lipinski definition) is 2. The van der Waals surface area contributed by atoms with Crippen LogP contribution in [0.4, 0.5) is 4.39 Å². The van der Waals surface area contributed by atoms with Crippen molar-refractivity contribution in [3.63, 3.8) is 0 Å². The number of halogens is 1. The molecule has 1 saturated carbocycles. The molecular formula is C20H25FN2O. The van der Waals surface area contributed by atoms with Gasteiger partial charge in [-0.15, -0.1) is 0 Å². The van der Waals surface area contributed by atoms with E-state index in [4.69, 9.17) is 0 Å². The van der Waals surface area contributed by atoms with Gasteiger partial charge in [-0.05, 0) is 61.4 Å². The molecule has 1 aliphatic carbocycles. The summed E-state index contributed by atoms with van der Waals surface area (Å²) in [5, 5.41) is 0. The molecule has 3 rings (SSSR count). The van der Waals surface area contributed by atoms with Crippen LogP contribution in [0, 0.1) is 11.7 Å². The molecule has 0 aliphatic heterocycles. The molecule has 0 spiro atoms. The molecule has 0 radical (unpaired) electrons. The molecule has 0 amide bonds. The van der Waals surface area contributed by atoms with E-state index in [0.29, 0.717) is 11.7 Å². The maximum Gasteiger partial charge on any atom is 0.133 e. The Kier molecular flexibility index (Phi) is 5.78. The molecule has 24 heavy (non-hydrogen) atoms. The maximum absolute atomic E-state index is 12.9. The molecule has 1 fully saturated rings. The Hall–Kier alpha value is -1.97. The molecule has 2 aromatic rings. The number of rotatable bonds is 10. The van der Waals surface area contributed by atoms with Gasteiger partial charge in [-0.1, -0.05) is 12.8 Å². The highest BCUT2D eigenvalue weighted by Gasteiger charge is 2.23. The van der Waals surface area contributed by atoms with Gasteiger partial charge in [-0.3, -0.25) is 4.79 Å². The van der Waals surface area contributed by atoms with Crippen molar-refractivity contribution in [1.82, 2.24) is 9.97 Å². The van der Waals surface area contributed by atoms with Gasteiger partial charge in [0.05, 0.1) is 11.9 Å². The number of carbonyl (C=O) groups excluding carboxylic acids is 1. The fourth-order valence-electron chi connectivity index (χ4n) is 2.98. The number of nitrogens with zero attached hydrogens (tertiary/aromatic N) is 1. The summed E-state index contributed by atoms with van der Waals surface area (Å²) >= 11 is 0. The van der Waals surface area contributed by atoms with Gasteiger partial charge in [-0.25, -0.2) is 9.37 Å². The number of nitrogens with one attached hydrogen (secondary N) is 1. The Morgan fingerprint density at radius 2 is 1.88 bits per heavy atom. The van der Waals surface area contributed by atoms with E-state index >= 15 is 0 Å². The van der Waals surface area contributed by atoms with Crippen LogP contribution in [0.15, 0.2) is 30.5 Å². The van der Waals surface area contributed by atoms with Crippen molar-refractivity contribution in [2.45, 2.75) is 57.8 Å². The quantitative estimate of drug-likeness (QED) is 0.618. The number of H-pyrrole nitrogens is 1. The number of aryl methyl sites for hydroxylation is 1. The zero-order valence-corrected chi connectivity index (χ0v) is 14.1. The Morgan fingerprint density at radius 3 is 2.62 bits per heavy atom. The first kappa shape index (κ1) is 16.9. The van der Waals surface area contributed by atoms with E-state index in [1.54, 1.807) is 18.3 Å². The summed E-state index contributed by atoms with van der Waals surface area (Å²) in [6.07, 6.45) is 11.1. The molecule has 128 valence electrons. The van der Waals surface area contributed by atoms with Gasteiger partial charge in [0.2, 0.25) is 0 Å². The number of hydrogen-bond donors (Lipinski definition) is 1. The van der Waals surface area contributed by atoms with Gasteiger partial charge in [0.15, 0.2) is 0 Å². The molecule has 3 nitrogen and oxygen atoms in total. The fourth-order valence-corrected chi connectivity index (χ4v) is 2.98. The first-order valence-electron chi connectivity index (χ1n) is 9.02. The molecule has 1 heterocycles. The predicted molar refractivity (Wildman–Crippen MR) is 93.1 cm³/mol. The van der Waals surface area contributed by atoms with Crippen molar-refractivity contribution in [3.05, 3.63) is 42.1 Å².